The zero-order valence-electron chi connectivity index (χ0n) is 7.90. The van der Waals surface area contributed by atoms with Crippen molar-refractivity contribution in [1.82, 2.24) is 0 Å². The van der Waals surface area contributed by atoms with E-state index in [9.17, 15) is 0 Å². The largest absolute Gasteiger partial charge is 0.492 e. The summed E-state index contributed by atoms with van der Waals surface area (Å²) in [5, 5.41) is 21.4. The predicted molar refractivity (Wildman–Crippen MR) is 54.8 cm³/mol. The Hall–Kier alpha value is -1.20. The van der Waals surface area contributed by atoms with Gasteiger partial charge < -0.3 is 20.1 Å². The number of para-hydroxylation sites is 1. The highest BCUT2D eigenvalue weighted by molar-refractivity contribution is 6.60. The van der Waals surface area contributed by atoms with Crippen LogP contribution in [0.15, 0.2) is 18.2 Å². The van der Waals surface area contributed by atoms with Crippen LogP contribution in [0.2, 0.25) is 0 Å². The quantitative estimate of drug-likeness (QED) is 0.529. The summed E-state index contributed by atoms with van der Waals surface area (Å²) >= 11 is 0. The van der Waals surface area contributed by atoms with E-state index in [1.807, 2.05) is 13.0 Å². The fourth-order valence-electron chi connectivity index (χ4n) is 1.53. The zero-order chi connectivity index (χ0) is 10.1. The zero-order valence-corrected chi connectivity index (χ0v) is 7.90. The second-order valence-corrected chi connectivity index (χ2v) is 3.41. The Kier molecular flexibility index (Phi) is 2.35. The minimum atomic E-state index is -1.49. The first-order valence-corrected chi connectivity index (χ1v) is 4.58. The first kappa shape index (κ1) is 9.36. The van der Waals surface area contributed by atoms with Gasteiger partial charge in [-0.05, 0) is 13.0 Å². The fraction of sp³-hybridized carbons (Fsp3) is 0.333. The summed E-state index contributed by atoms with van der Waals surface area (Å²) in [7, 11) is -1.49. The molecule has 0 aromatic heterocycles. The molecule has 2 rings (SSSR count). The topological polar surface area (TPSA) is 61.7 Å². The van der Waals surface area contributed by atoms with Gasteiger partial charge in [-0.3, -0.25) is 0 Å². The molecule has 14 heavy (non-hydrogen) atoms. The van der Waals surface area contributed by atoms with Gasteiger partial charge in [-0.25, -0.2) is 0 Å². The van der Waals surface area contributed by atoms with E-state index in [-0.39, 0.29) is 6.10 Å². The third kappa shape index (κ3) is 1.56. The standard InChI is InChI=1S/C9H12BNO3/c1-6-5-11-8-4-2-3-7(10(12)13)9(8)14-6/h2-4,6,11-13H,5H2,1H3. The van der Waals surface area contributed by atoms with Crippen molar-refractivity contribution in [3.8, 4) is 5.75 Å². The fourth-order valence-corrected chi connectivity index (χ4v) is 1.53. The normalized spacial score (nSPS) is 19.2. The molecule has 3 N–H and O–H groups in total. The Balaban J connectivity index is 2.43. The highest BCUT2D eigenvalue weighted by atomic mass is 16.5. The highest BCUT2D eigenvalue weighted by Gasteiger charge is 2.24. The summed E-state index contributed by atoms with van der Waals surface area (Å²) in [5.41, 5.74) is 1.22. The van der Waals surface area contributed by atoms with Gasteiger partial charge in [-0.1, -0.05) is 12.1 Å². The smallest absolute Gasteiger partial charge is 0.487 e. The molecule has 1 aromatic carbocycles. The minimum absolute atomic E-state index is 0.0439. The number of fused-ring (bicyclic) bond motifs is 1. The van der Waals surface area contributed by atoms with Crippen LogP contribution in [-0.2, 0) is 0 Å². The van der Waals surface area contributed by atoms with E-state index in [1.165, 1.54) is 0 Å². The molecule has 1 heterocycles. The molecule has 0 fully saturated rings. The molecule has 5 heteroatoms. The van der Waals surface area contributed by atoms with Crippen molar-refractivity contribution in [2.45, 2.75) is 13.0 Å². The second kappa shape index (κ2) is 3.51. The van der Waals surface area contributed by atoms with Crippen LogP contribution in [0, 0.1) is 0 Å². The Labute approximate surface area is 82.7 Å². The van der Waals surface area contributed by atoms with Gasteiger partial charge in [-0.15, -0.1) is 0 Å². The van der Waals surface area contributed by atoms with E-state index < -0.39 is 7.12 Å². The molecule has 1 aromatic rings. The van der Waals surface area contributed by atoms with Gasteiger partial charge in [0.1, 0.15) is 11.9 Å². The molecule has 0 saturated heterocycles. The Morgan fingerprint density at radius 1 is 1.50 bits per heavy atom. The van der Waals surface area contributed by atoms with E-state index >= 15 is 0 Å². The van der Waals surface area contributed by atoms with Crippen molar-refractivity contribution < 1.29 is 14.8 Å². The van der Waals surface area contributed by atoms with Crippen LogP contribution in [0.25, 0.3) is 0 Å². The minimum Gasteiger partial charge on any atom is -0.487 e. The van der Waals surface area contributed by atoms with Crippen LogP contribution in [0.5, 0.6) is 5.75 Å². The van der Waals surface area contributed by atoms with Crippen molar-refractivity contribution in [1.29, 1.82) is 0 Å². The summed E-state index contributed by atoms with van der Waals surface area (Å²) in [6, 6.07) is 5.26. The van der Waals surface area contributed by atoms with Crippen molar-refractivity contribution >= 4 is 18.3 Å². The number of hydrogen-bond acceptors (Lipinski definition) is 4. The molecule has 4 nitrogen and oxygen atoms in total. The molecule has 0 spiro atoms. The monoisotopic (exact) mass is 193 g/mol. The molecule has 0 amide bonds. The number of benzene rings is 1. The van der Waals surface area contributed by atoms with Gasteiger partial charge in [0.25, 0.3) is 0 Å². The molecule has 0 saturated carbocycles. The van der Waals surface area contributed by atoms with E-state index in [0.717, 1.165) is 12.2 Å². The van der Waals surface area contributed by atoms with E-state index in [1.54, 1.807) is 12.1 Å². The first-order chi connectivity index (χ1) is 6.68. The van der Waals surface area contributed by atoms with Crippen LogP contribution in [0.3, 0.4) is 0 Å². The van der Waals surface area contributed by atoms with Crippen LogP contribution in [0.4, 0.5) is 5.69 Å². The molecule has 1 aliphatic rings. The maximum Gasteiger partial charge on any atom is 0.492 e. The lowest BCUT2D eigenvalue weighted by molar-refractivity contribution is 0.227. The van der Waals surface area contributed by atoms with Crippen LogP contribution >= 0.6 is 0 Å². The lowest BCUT2D eigenvalue weighted by Gasteiger charge is -2.26. The molecule has 74 valence electrons. The van der Waals surface area contributed by atoms with Crippen molar-refractivity contribution in [3.63, 3.8) is 0 Å². The van der Waals surface area contributed by atoms with Crippen molar-refractivity contribution in [2.24, 2.45) is 0 Å². The lowest BCUT2D eigenvalue weighted by atomic mass is 9.79. The molecule has 1 aliphatic heterocycles. The summed E-state index contributed by atoms with van der Waals surface area (Å²) in [5.74, 6) is 0.543. The molecular weight excluding hydrogens is 181 g/mol. The van der Waals surface area contributed by atoms with Crippen LogP contribution in [-0.4, -0.2) is 29.8 Å². The van der Waals surface area contributed by atoms with E-state index in [2.05, 4.69) is 5.32 Å². The molecule has 1 atom stereocenters. The van der Waals surface area contributed by atoms with Crippen molar-refractivity contribution in [3.05, 3.63) is 18.2 Å². The summed E-state index contributed by atoms with van der Waals surface area (Å²) < 4.78 is 5.54. The number of ether oxygens (including phenoxy) is 1. The third-order valence-electron chi connectivity index (χ3n) is 2.22. The molecule has 1 unspecified atom stereocenters. The highest BCUT2D eigenvalue weighted by Crippen LogP contribution is 2.26. The Morgan fingerprint density at radius 2 is 2.29 bits per heavy atom. The number of anilines is 1. The average Bonchev–Trinajstić information content (AvgIpc) is 2.16. The number of rotatable bonds is 1. The SMILES string of the molecule is CC1CNc2cccc(B(O)O)c2O1. The number of nitrogens with one attached hydrogen (secondary N) is 1. The van der Waals surface area contributed by atoms with Gasteiger partial charge in [-0.2, -0.15) is 0 Å². The van der Waals surface area contributed by atoms with Gasteiger partial charge in [0.15, 0.2) is 0 Å². The van der Waals surface area contributed by atoms with E-state index in [4.69, 9.17) is 14.8 Å². The third-order valence-corrected chi connectivity index (χ3v) is 2.22. The van der Waals surface area contributed by atoms with Gasteiger partial charge in [0, 0.05) is 5.46 Å². The number of hydrogen-bond donors (Lipinski definition) is 3. The molecule has 0 bridgehead atoms. The Morgan fingerprint density at radius 3 is 3.00 bits per heavy atom. The summed E-state index contributed by atoms with van der Waals surface area (Å²) in [6.07, 6.45) is 0.0439. The average molecular weight is 193 g/mol. The molecule has 0 aliphatic carbocycles. The summed E-state index contributed by atoms with van der Waals surface area (Å²) in [4.78, 5) is 0. The Bertz CT molecular complexity index is 343. The van der Waals surface area contributed by atoms with Gasteiger partial charge in [0.2, 0.25) is 0 Å². The molecular formula is C9H12BNO3. The summed E-state index contributed by atoms with van der Waals surface area (Å²) in [6.45, 7) is 2.66. The first-order valence-electron chi connectivity index (χ1n) is 4.58. The van der Waals surface area contributed by atoms with Crippen LogP contribution < -0.4 is 15.5 Å². The predicted octanol–water partition coefficient (Wildman–Crippen LogP) is -0.441. The maximum absolute atomic E-state index is 9.11. The molecule has 0 radical (unpaired) electrons. The second-order valence-electron chi connectivity index (χ2n) is 3.41. The lowest BCUT2D eigenvalue weighted by Crippen LogP contribution is -2.37. The van der Waals surface area contributed by atoms with Crippen molar-refractivity contribution in [2.75, 3.05) is 11.9 Å². The van der Waals surface area contributed by atoms with E-state index in [0.29, 0.717) is 11.2 Å². The van der Waals surface area contributed by atoms with Gasteiger partial charge >= 0.3 is 7.12 Å². The maximum atomic E-state index is 9.11. The van der Waals surface area contributed by atoms with Gasteiger partial charge in [0.05, 0.1) is 12.2 Å². The van der Waals surface area contributed by atoms with Crippen LogP contribution in [0.1, 0.15) is 6.92 Å².